The Kier molecular flexibility index (Phi) is 5.00. The Hall–Kier alpha value is -1.09. The number of hydrogen-bond acceptors (Lipinski definition) is 2. The van der Waals surface area contributed by atoms with E-state index in [0.717, 1.165) is 18.2 Å². The molecule has 2 atom stereocenters. The maximum absolute atomic E-state index is 12.7. The normalized spacial score (nSPS) is 23.9. The summed E-state index contributed by atoms with van der Waals surface area (Å²) in [6.07, 6.45) is 5.25. The van der Waals surface area contributed by atoms with Crippen LogP contribution in [-0.4, -0.2) is 19.2 Å². The summed E-state index contributed by atoms with van der Waals surface area (Å²) < 4.78 is 18.2. The molecule has 1 aliphatic rings. The molecule has 0 aliphatic heterocycles. The van der Waals surface area contributed by atoms with E-state index >= 15 is 0 Å². The van der Waals surface area contributed by atoms with Gasteiger partial charge in [-0.25, -0.2) is 4.39 Å². The van der Waals surface area contributed by atoms with Crippen molar-refractivity contribution in [2.45, 2.75) is 38.6 Å². The molecule has 2 nitrogen and oxygen atoms in total. The summed E-state index contributed by atoms with van der Waals surface area (Å²) in [5.41, 5.74) is 0. The Bertz CT molecular complexity index is 352. The molecule has 0 amide bonds. The van der Waals surface area contributed by atoms with E-state index < -0.39 is 0 Å². The van der Waals surface area contributed by atoms with Gasteiger partial charge in [0.25, 0.3) is 0 Å². The Morgan fingerprint density at radius 3 is 2.78 bits per heavy atom. The van der Waals surface area contributed by atoms with Gasteiger partial charge in [-0.05, 0) is 43.0 Å². The van der Waals surface area contributed by atoms with Crippen molar-refractivity contribution in [3.8, 4) is 5.75 Å². The van der Waals surface area contributed by atoms with Crippen molar-refractivity contribution in [1.29, 1.82) is 0 Å². The standard InChI is InChI=1S/C15H22FNO/c1-12-3-2-4-14(11-12)17-9-10-18-15-7-5-13(16)6-8-15/h5-8,12,14,17H,2-4,9-11H2,1H3. The minimum Gasteiger partial charge on any atom is -0.492 e. The van der Waals surface area contributed by atoms with Crippen LogP contribution in [0.25, 0.3) is 0 Å². The predicted octanol–water partition coefficient (Wildman–Crippen LogP) is 3.37. The zero-order chi connectivity index (χ0) is 12.8. The van der Waals surface area contributed by atoms with Gasteiger partial charge in [-0.15, -0.1) is 0 Å². The second kappa shape index (κ2) is 6.74. The molecule has 0 bridgehead atoms. The average molecular weight is 251 g/mol. The minimum atomic E-state index is -0.225. The van der Waals surface area contributed by atoms with Crippen LogP contribution in [0.4, 0.5) is 4.39 Å². The molecule has 1 saturated carbocycles. The molecule has 0 saturated heterocycles. The van der Waals surface area contributed by atoms with Crippen molar-refractivity contribution in [3.63, 3.8) is 0 Å². The lowest BCUT2D eigenvalue weighted by Gasteiger charge is -2.27. The van der Waals surface area contributed by atoms with Crippen molar-refractivity contribution in [2.24, 2.45) is 5.92 Å². The van der Waals surface area contributed by atoms with Crippen LogP contribution in [0.3, 0.4) is 0 Å². The van der Waals surface area contributed by atoms with Crippen molar-refractivity contribution >= 4 is 0 Å². The second-order valence-corrected chi connectivity index (χ2v) is 5.23. The van der Waals surface area contributed by atoms with E-state index in [1.165, 1.54) is 37.8 Å². The third kappa shape index (κ3) is 4.30. The summed E-state index contributed by atoms with van der Waals surface area (Å²) in [5, 5.41) is 3.53. The topological polar surface area (TPSA) is 21.3 Å². The van der Waals surface area contributed by atoms with Crippen LogP contribution in [0.5, 0.6) is 5.75 Å². The molecule has 0 radical (unpaired) electrons. The maximum atomic E-state index is 12.7. The highest BCUT2D eigenvalue weighted by atomic mass is 19.1. The summed E-state index contributed by atoms with van der Waals surface area (Å²) in [5.74, 6) is 1.35. The highest BCUT2D eigenvalue weighted by molar-refractivity contribution is 5.21. The number of halogens is 1. The molecule has 2 unspecified atom stereocenters. The predicted molar refractivity (Wildman–Crippen MR) is 71.3 cm³/mol. The van der Waals surface area contributed by atoms with Crippen LogP contribution in [0.2, 0.25) is 0 Å². The van der Waals surface area contributed by atoms with E-state index in [0.29, 0.717) is 12.6 Å². The smallest absolute Gasteiger partial charge is 0.123 e. The van der Waals surface area contributed by atoms with Crippen LogP contribution >= 0.6 is 0 Å². The molecular formula is C15H22FNO. The fourth-order valence-electron chi connectivity index (χ4n) is 2.58. The Balaban J connectivity index is 1.62. The first-order chi connectivity index (χ1) is 8.74. The minimum absolute atomic E-state index is 0.225. The molecule has 1 aromatic carbocycles. The first-order valence-corrected chi connectivity index (χ1v) is 6.86. The summed E-state index contributed by atoms with van der Waals surface area (Å²) in [4.78, 5) is 0. The fraction of sp³-hybridized carbons (Fsp3) is 0.600. The highest BCUT2D eigenvalue weighted by Crippen LogP contribution is 2.23. The molecule has 0 heterocycles. The van der Waals surface area contributed by atoms with E-state index in [4.69, 9.17) is 4.74 Å². The highest BCUT2D eigenvalue weighted by Gasteiger charge is 2.17. The SMILES string of the molecule is CC1CCCC(NCCOc2ccc(F)cc2)C1. The first kappa shape index (κ1) is 13.3. The second-order valence-electron chi connectivity index (χ2n) is 5.23. The number of rotatable bonds is 5. The molecule has 100 valence electrons. The molecule has 1 fully saturated rings. The molecule has 18 heavy (non-hydrogen) atoms. The first-order valence-electron chi connectivity index (χ1n) is 6.86. The molecule has 1 aliphatic carbocycles. The van der Waals surface area contributed by atoms with Gasteiger partial charge in [-0.3, -0.25) is 0 Å². The zero-order valence-corrected chi connectivity index (χ0v) is 11.0. The van der Waals surface area contributed by atoms with Crippen LogP contribution < -0.4 is 10.1 Å². The average Bonchev–Trinajstić information content (AvgIpc) is 2.37. The Morgan fingerprint density at radius 1 is 1.28 bits per heavy atom. The van der Waals surface area contributed by atoms with E-state index in [1.54, 1.807) is 12.1 Å². The Labute approximate surface area is 109 Å². The lowest BCUT2D eigenvalue weighted by molar-refractivity contribution is 0.266. The van der Waals surface area contributed by atoms with Gasteiger partial charge in [0, 0.05) is 12.6 Å². The quantitative estimate of drug-likeness (QED) is 0.810. The van der Waals surface area contributed by atoms with Gasteiger partial charge in [0.2, 0.25) is 0 Å². The van der Waals surface area contributed by atoms with E-state index in [9.17, 15) is 4.39 Å². The molecule has 1 N–H and O–H groups in total. The molecular weight excluding hydrogens is 229 g/mol. The lowest BCUT2D eigenvalue weighted by atomic mass is 9.87. The number of nitrogens with one attached hydrogen (secondary N) is 1. The van der Waals surface area contributed by atoms with Gasteiger partial charge in [0.1, 0.15) is 18.2 Å². The van der Waals surface area contributed by atoms with Crippen molar-refractivity contribution in [3.05, 3.63) is 30.1 Å². The van der Waals surface area contributed by atoms with Gasteiger partial charge < -0.3 is 10.1 Å². The third-order valence-corrected chi connectivity index (χ3v) is 3.55. The van der Waals surface area contributed by atoms with Crippen LogP contribution in [-0.2, 0) is 0 Å². The molecule has 0 aromatic heterocycles. The number of benzene rings is 1. The zero-order valence-electron chi connectivity index (χ0n) is 11.0. The van der Waals surface area contributed by atoms with Gasteiger partial charge >= 0.3 is 0 Å². The van der Waals surface area contributed by atoms with Crippen LogP contribution in [0, 0.1) is 11.7 Å². The summed E-state index contributed by atoms with van der Waals surface area (Å²) in [6.45, 7) is 3.81. The van der Waals surface area contributed by atoms with Crippen LogP contribution in [0.15, 0.2) is 24.3 Å². The monoisotopic (exact) mass is 251 g/mol. The van der Waals surface area contributed by atoms with Gasteiger partial charge in [0.05, 0.1) is 0 Å². The van der Waals surface area contributed by atoms with Crippen molar-refractivity contribution in [1.82, 2.24) is 5.32 Å². The van der Waals surface area contributed by atoms with Crippen molar-refractivity contribution < 1.29 is 9.13 Å². The Morgan fingerprint density at radius 2 is 2.06 bits per heavy atom. The maximum Gasteiger partial charge on any atom is 0.123 e. The van der Waals surface area contributed by atoms with Gasteiger partial charge in [-0.1, -0.05) is 19.8 Å². The van der Waals surface area contributed by atoms with E-state index in [2.05, 4.69) is 12.2 Å². The third-order valence-electron chi connectivity index (χ3n) is 3.55. The summed E-state index contributed by atoms with van der Waals surface area (Å²) >= 11 is 0. The molecule has 0 spiro atoms. The molecule has 3 heteroatoms. The largest absolute Gasteiger partial charge is 0.492 e. The van der Waals surface area contributed by atoms with E-state index in [1.807, 2.05) is 0 Å². The summed E-state index contributed by atoms with van der Waals surface area (Å²) in [7, 11) is 0. The fourth-order valence-corrected chi connectivity index (χ4v) is 2.58. The van der Waals surface area contributed by atoms with Crippen LogP contribution in [0.1, 0.15) is 32.6 Å². The lowest BCUT2D eigenvalue weighted by Crippen LogP contribution is -2.36. The molecule has 1 aromatic rings. The van der Waals surface area contributed by atoms with E-state index in [-0.39, 0.29) is 5.82 Å². The summed E-state index contributed by atoms with van der Waals surface area (Å²) in [6, 6.07) is 6.82. The number of ether oxygens (including phenoxy) is 1. The van der Waals surface area contributed by atoms with Gasteiger partial charge in [0.15, 0.2) is 0 Å². The number of hydrogen-bond donors (Lipinski definition) is 1. The van der Waals surface area contributed by atoms with Gasteiger partial charge in [-0.2, -0.15) is 0 Å². The van der Waals surface area contributed by atoms with Crippen molar-refractivity contribution in [2.75, 3.05) is 13.2 Å². The molecule has 2 rings (SSSR count).